The van der Waals surface area contributed by atoms with Gasteiger partial charge in [0.05, 0.1) is 11.1 Å². The van der Waals surface area contributed by atoms with Gasteiger partial charge in [-0.25, -0.2) is 27.7 Å². The molecule has 3 heterocycles. The van der Waals surface area contributed by atoms with E-state index in [9.17, 15) is 32.7 Å². The molecule has 2 aromatic carbocycles. The summed E-state index contributed by atoms with van der Waals surface area (Å²) in [5.41, 5.74) is 4.34. The van der Waals surface area contributed by atoms with Crippen molar-refractivity contribution in [3.05, 3.63) is 99.6 Å². The Kier molecular flexibility index (Phi) is 7.24. The Bertz CT molecular complexity index is 1720. The largest absolute Gasteiger partial charge is 0.479 e. The molecule has 0 bridgehead atoms. The first kappa shape index (κ1) is 27.8. The van der Waals surface area contributed by atoms with Gasteiger partial charge in [-0.15, -0.1) is 0 Å². The maximum atomic E-state index is 14.8. The number of pyridine rings is 2. The third-order valence-electron chi connectivity index (χ3n) is 7.22. The highest BCUT2D eigenvalue weighted by molar-refractivity contribution is 5.92. The molecule has 0 spiro atoms. The van der Waals surface area contributed by atoms with Crippen molar-refractivity contribution >= 4 is 28.8 Å². The fraction of sp³-hybridized carbons (Fsp3) is 0.214. The van der Waals surface area contributed by atoms with E-state index in [1.54, 1.807) is 35.2 Å². The van der Waals surface area contributed by atoms with Gasteiger partial charge in [0.1, 0.15) is 17.2 Å². The molecule has 13 heteroatoms. The molecule has 212 valence electrons. The Labute approximate surface area is 229 Å². The van der Waals surface area contributed by atoms with Crippen molar-refractivity contribution in [2.24, 2.45) is 17.6 Å². The van der Waals surface area contributed by atoms with Crippen LogP contribution in [0.4, 0.5) is 19.0 Å². The second kappa shape index (κ2) is 10.7. The zero-order chi connectivity index (χ0) is 29.6. The first-order valence-corrected chi connectivity index (χ1v) is 12.4. The number of nitrogens with two attached hydrogens (primary N) is 1. The molecule has 4 atom stereocenters. The fourth-order valence-corrected chi connectivity index (χ4v) is 4.97. The van der Waals surface area contributed by atoms with Crippen molar-refractivity contribution in [3.63, 3.8) is 0 Å². The predicted octanol–water partition coefficient (Wildman–Crippen LogP) is 2.70. The average Bonchev–Trinajstić information content (AvgIpc) is 3.31. The molecule has 1 saturated carbocycles. The number of nitrogens with zero attached hydrogens (tertiary/aromatic N) is 3. The third-order valence-corrected chi connectivity index (χ3v) is 7.22. The van der Waals surface area contributed by atoms with Gasteiger partial charge in [0.2, 0.25) is 5.43 Å². The van der Waals surface area contributed by atoms with E-state index in [4.69, 9.17) is 15.9 Å². The monoisotopic (exact) mass is 568 g/mol. The first-order valence-electron chi connectivity index (χ1n) is 12.4. The number of aliphatic hydroxyl groups excluding tert-OH is 1. The van der Waals surface area contributed by atoms with Crippen molar-refractivity contribution in [1.82, 2.24) is 9.55 Å². The van der Waals surface area contributed by atoms with Gasteiger partial charge in [-0.1, -0.05) is 30.3 Å². The lowest BCUT2D eigenvalue weighted by Gasteiger charge is -2.22. The van der Waals surface area contributed by atoms with Crippen LogP contribution in [0.2, 0.25) is 0 Å². The van der Waals surface area contributed by atoms with E-state index in [1.165, 1.54) is 0 Å². The van der Waals surface area contributed by atoms with Gasteiger partial charge < -0.3 is 26.0 Å². The number of aliphatic hydroxyl groups is 1. The minimum absolute atomic E-state index is 0.0272. The minimum atomic E-state index is -1.56. The lowest BCUT2D eigenvalue weighted by Crippen LogP contribution is -2.30. The van der Waals surface area contributed by atoms with Gasteiger partial charge in [0.25, 0.3) is 0 Å². The second-order valence-electron chi connectivity index (χ2n) is 9.77. The molecule has 2 unspecified atom stereocenters. The van der Waals surface area contributed by atoms with E-state index in [0.717, 1.165) is 29.0 Å². The molecular formula is C28H23F3N4O6. The SMILES string of the molecule is NC1[C@H]2CN(c3nc4c(cc3F)c(=O)c(C(=O)O)cn4-c3ccc(F)cc3F)C[C@@H]12.O=C(O)C(O)c1ccccc1. The molecule has 10 nitrogen and oxygen atoms in total. The number of hydrogen-bond donors (Lipinski definition) is 4. The highest BCUT2D eigenvalue weighted by Crippen LogP contribution is 2.45. The van der Waals surface area contributed by atoms with Gasteiger partial charge in [-0.2, -0.15) is 0 Å². The Morgan fingerprint density at radius 1 is 0.976 bits per heavy atom. The maximum Gasteiger partial charge on any atom is 0.341 e. The van der Waals surface area contributed by atoms with Crippen molar-refractivity contribution in [3.8, 4) is 5.69 Å². The number of benzene rings is 2. The Balaban J connectivity index is 0.000000259. The van der Waals surface area contributed by atoms with Crippen LogP contribution >= 0.6 is 0 Å². The Hall–Kier alpha value is -4.75. The first-order chi connectivity index (χ1) is 19.5. The van der Waals surface area contributed by atoms with Crippen molar-refractivity contribution in [2.75, 3.05) is 18.0 Å². The molecule has 6 rings (SSSR count). The van der Waals surface area contributed by atoms with E-state index in [0.29, 0.717) is 24.7 Å². The van der Waals surface area contributed by atoms with Gasteiger partial charge in [-0.05, 0) is 35.6 Å². The molecule has 0 radical (unpaired) electrons. The number of anilines is 1. The molecule has 2 aromatic heterocycles. The van der Waals surface area contributed by atoms with Crippen molar-refractivity contribution in [1.29, 1.82) is 0 Å². The van der Waals surface area contributed by atoms with E-state index in [-0.39, 0.29) is 40.4 Å². The van der Waals surface area contributed by atoms with E-state index >= 15 is 0 Å². The summed E-state index contributed by atoms with van der Waals surface area (Å²) in [5, 5.41) is 26.4. The van der Waals surface area contributed by atoms with Crippen LogP contribution in [-0.4, -0.2) is 55.9 Å². The number of carboxylic acid groups (broad SMARTS) is 2. The highest BCUT2D eigenvalue weighted by atomic mass is 19.1. The third kappa shape index (κ3) is 5.24. The van der Waals surface area contributed by atoms with Crippen LogP contribution in [0.15, 0.2) is 65.6 Å². The van der Waals surface area contributed by atoms with Crippen LogP contribution in [-0.2, 0) is 4.79 Å². The van der Waals surface area contributed by atoms with Gasteiger partial charge >= 0.3 is 11.9 Å². The molecule has 0 amide bonds. The van der Waals surface area contributed by atoms with Crippen LogP contribution < -0.4 is 16.1 Å². The zero-order valence-electron chi connectivity index (χ0n) is 21.1. The van der Waals surface area contributed by atoms with Crippen molar-refractivity contribution in [2.45, 2.75) is 12.1 Å². The number of aromatic carboxylic acids is 1. The summed E-state index contributed by atoms with van der Waals surface area (Å²) >= 11 is 0. The van der Waals surface area contributed by atoms with Crippen LogP contribution in [0, 0.1) is 29.3 Å². The number of aliphatic carboxylic acids is 1. The number of carbonyl (C=O) groups is 2. The lowest BCUT2D eigenvalue weighted by atomic mass is 10.1. The number of fused-ring (bicyclic) bond motifs is 2. The Morgan fingerprint density at radius 3 is 2.22 bits per heavy atom. The normalized spacial score (nSPS) is 19.7. The maximum absolute atomic E-state index is 14.8. The molecule has 4 aromatic rings. The zero-order valence-corrected chi connectivity index (χ0v) is 21.1. The minimum Gasteiger partial charge on any atom is -0.479 e. The summed E-state index contributed by atoms with van der Waals surface area (Å²) in [6.45, 7) is 1.01. The summed E-state index contributed by atoms with van der Waals surface area (Å²) in [7, 11) is 0. The summed E-state index contributed by atoms with van der Waals surface area (Å²) < 4.78 is 43.7. The second-order valence-corrected chi connectivity index (χ2v) is 9.77. The van der Waals surface area contributed by atoms with E-state index in [2.05, 4.69) is 4.98 Å². The van der Waals surface area contributed by atoms with Gasteiger partial charge in [-0.3, -0.25) is 9.36 Å². The molecule has 2 aliphatic rings. The number of hydrogen-bond acceptors (Lipinski definition) is 7. The number of carboxylic acids is 2. The quantitative estimate of drug-likeness (QED) is 0.284. The van der Waals surface area contributed by atoms with Crippen LogP contribution in [0.3, 0.4) is 0 Å². The van der Waals surface area contributed by atoms with Crippen LogP contribution in [0.5, 0.6) is 0 Å². The number of rotatable bonds is 5. The predicted molar refractivity (Wildman–Crippen MR) is 140 cm³/mol. The smallest absolute Gasteiger partial charge is 0.341 e. The molecule has 41 heavy (non-hydrogen) atoms. The highest BCUT2D eigenvalue weighted by Gasteiger charge is 2.54. The summed E-state index contributed by atoms with van der Waals surface area (Å²) in [6, 6.07) is 12.0. The molecule has 1 aliphatic heterocycles. The van der Waals surface area contributed by atoms with Crippen molar-refractivity contribution < 1.29 is 38.1 Å². The molecular weight excluding hydrogens is 545 g/mol. The molecule has 1 aliphatic carbocycles. The lowest BCUT2D eigenvalue weighted by molar-refractivity contribution is -0.146. The summed E-state index contributed by atoms with van der Waals surface area (Å²) in [6.07, 6.45) is -0.494. The van der Waals surface area contributed by atoms with Crippen LogP contribution in [0.25, 0.3) is 16.7 Å². The summed E-state index contributed by atoms with van der Waals surface area (Å²) in [5.74, 6) is -4.93. The standard InChI is InChI=1S/C20H15F3N4O3.C8H8O3/c21-8-1-2-15(13(22)3-8)27-7-12(20(29)30)17(28)9-4-14(23)19(25-18(9)27)26-5-10-11(6-26)16(10)24;9-7(8(10)11)6-4-2-1-3-5-6/h1-4,7,10-11,16H,5-6,24H2,(H,29,30);1-5,7,9H,(H,10,11)/t10-,11+,16?;. The van der Waals surface area contributed by atoms with Gasteiger partial charge in [0, 0.05) is 31.4 Å². The molecule has 2 fully saturated rings. The van der Waals surface area contributed by atoms with Crippen LogP contribution in [0.1, 0.15) is 22.0 Å². The molecule has 1 saturated heterocycles. The number of piperidine rings is 1. The number of halogens is 3. The van der Waals surface area contributed by atoms with E-state index < -0.39 is 46.5 Å². The molecule has 5 N–H and O–H groups in total. The number of aromatic nitrogens is 2. The fourth-order valence-electron chi connectivity index (χ4n) is 4.97. The van der Waals surface area contributed by atoms with E-state index in [1.807, 2.05) is 0 Å². The topological polar surface area (TPSA) is 159 Å². The Morgan fingerprint density at radius 2 is 1.63 bits per heavy atom. The van der Waals surface area contributed by atoms with Gasteiger partial charge in [0.15, 0.2) is 23.4 Å². The summed E-state index contributed by atoms with van der Waals surface area (Å²) in [4.78, 5) is 40.3. The average molecular weight is 569 g/mol.